The fourth-order valence-electron chi connectivity index (χ4n) is 3.21. The van der Waals surface area contributed by atoms with Crippen LogP contribution in [0.25, 0.3) is 0 Å². The predicted molar refractivity (Wildman–Crippen MR) is 102 cm³/mol. The lowest BCUT2D eigenvalue weighted by molar-refractivity contribution is 0.0203. The molecule has 0 amide bonds. The first-order chi connectivity index (χ1) is 13.5. The summed E-state index contributed by atoms with van der Waals surface area (Å²) in [6.45, 7) is 6.58. The Morgan fingerprint density at radius 1 is 1.29 bits per heavy atom. The van der Waals surface area contributed by atoms with Gasteiger partial charge in [0.2, 0.25) is 0 Å². The molecule has 0 aliphatic carbocycles. The second-order valence-electron chi connectivity index (χ2n) is 7.56. The molecule has 0 spiro atoms. The van der Waals surface area contributed by atoms with Crippen molar-refractivity contribution in [3.63, 3.8) is 0 Å². The van der Waals surface area contributed by atoms with E-state index < -0.39 is 0 Å². The lowest BCUT2D eigenvalue weighted by Crippen LogP contribution is -2.44. The molecule has 0 bridgehead atoms. The van der Waals surface area contributed by atoms with E-state index in [1.807, 2.05) is 17.1 Å². The number of hydrazine groups is 1. The van der Waals surface area contributed by atoms with Crippen molar-refractivity contribution in [2.45, 2.75) is 40.2 Å². The highest BCUT2D eigenvalue weighted by Crippen LogP contribution is 2.37. The fraction of sp³-hybridized carbons (Fsp3) is 0.368. The summed E-state index contributed by atoms with van der Waals surface area (Å²) in [5, 5.41) is 23.4. The van der Waals surface area contributed by atoms with Gasteiger partial charge in [0.25, 0.3) is 0 Å². The van der Waals surface area contributed by atoms with Crippen LogP contribution >= 0.6 is 0 Å². The smallest absolute Gasteiger partial charge is 0.199 e. The number of nitrogens with zero attached hydrogens (tertiary/aromatic N) is 5. The third kappa shape index (κ3) is 3.47. The molecule has 0 fully saturated rings. The van der Waals surface area contributed by atoms with Crippen LogP contribution in [0.2, 0.25) is 0 Å². The van der Waals surface area contributed by atoms with Gasteiger partial charge in [-0.1, -0.05) is 25.9 Å². The van der Waals surface area contributed by atoms with Crippen molar-refractivity contribution in [3.05, 3.63) is 58.9 Å². The first-order valence-electron chi connectivity index (χ1n) is 8.96. The number of nitrogens with one attached hydrogen (secondary N) is 1. The van der Waals surface area contributed by atoms with Gasteiger partial charge in [0.15, 0.2) is 17.3 Å². The van der Waals surface area contributed by atoms with Gasteiger partial charge >= 0.3 is 0 Å². The van der Waals surface area contributed by atoms with E-state index in [4.69, 9.17) is 9.26 Å². The molecule has 4 heterocycles. The number of aliphatic hydroxyl groups is 1. The highest BCUT2D eigenvalue weighted by molar-refractivity contribution is 6.03. The minimum atomic E-state index is -0.359. The largest absolute Gasteiger partial charge is 0.388 e. The van der Waals surface area contributed by atoms with Crippen molar-refractivity contribution in [1.29, 1.82) is 0 Å². The van der Waals surface area contributed by atoms with Gasteiger partial charge < -0.3 is 14.4 Å². The van der Waals surface area contributed by atoms with Gasteiger partial charge in [-0.2, -0.15) is 10.5 Å². The highest BCUT2D eigenvalue weighted by atomic mass is 16.5. The zero-order chi connectivity index (χ0) is 19.7. The van der Waals surface area contributed by atoms with E-state index in [1.54, 1.807) is 24.7 Å². The minimum Gasteiger partial charge on any atom is -0.388 e. The zero-order valence-corrected chi connectivity index (χ0v) is 16.0. The van der Waals surface area contributed by atoms with Crippen molar-refractivity contribution in [1.82, 2.24) is 20.6 Å². The summed E-state index contributed by atoms with van der Waals surface area (Å²) in [6.07, 6.45) is 4.84. The Morgan fingerprint density at radius 2 is 2.07 bits per heavy atom. The van der Waals surface area contributed by atoms with E-state index in [-0.39, 0.29) is 18.2 Å². The minimum absolute atomic E-state index is 0.172. The quantitative estimate of drug-likeness (QED) is 0.814. The van der Waals surface area contributed by atoms with Gasteiger partial charge in [-0.05, 0) is 23.1 Å². The maximum absolute atomic E-state index is 9.24. The molecule has 0 aromatic carbocycles. The molecular formula is C19H22N6O3. The van der Waals surface area contributed by atoms with Crippen LogP contribution in [0.4, 0.5) is 0 Å². The molecule has 0 saturated carbocycles. The number of ether oxygens (including phenoxy) is 1. The van der Waals surface area contributed by atoms with Crippen LogP contribution in [-0.4, -0.2) is 38.5 Å². The molecule has 4 rings (SSSR count). The third-order valence-corrected chi connectivity index (χ3v) is 4.49. The molecule has 28 heavy (non-hydrogen) atoms. The summed E-state index contributed by atoms with van der Waals surface area (Å²) in [4.78, 5) is 4.04. The number of hydrogen-bond donors (Lipinski definition) is 2. The number of allylic oxidation sites excluding steroid dienone is 1. The summed E-state index contributed by atoms with van der Waals surface area (Å²) in [6, 6.07) is 5.49. The Kier molecular flexibility index (Phi) is 4.80. The second kappa shape index (κ2) is 7.27. The topological polar surface area (TPSA) is 108 Å². The van der Waals surface area contributed by atoms with E-state index >= 15 is 0 Å². The average molecular weight is 382 g/mol. The SMILES string of the molecule is CC(C)(C)C1=C2C=NN=C(c3cc(CO)on3)N2NC1OCc1ccncc1. The molecular weight excluding hydrogens is 360 g/mol. The first kappa shape index (κ1) is 18.5. The van der Waals surface area contributed by atoms with E-state index in [0.717, 1.165) is 16.8 Å². The molecule has 2 aliphatic rings. The van der Waals surface area contributed by atoms with Crippen LogP contribution in [0.5, 0.6) is 0 Å². The maximum atomic E-state index is 9.24. The van der Waals surface area contributed by atoms with Gasteiger partial charge in [-0.3, -0.25) is 9.99 Å². The molecule has 1 atom stereocenters. The number of amidine groups is 1. The summed E-state index contributed by atoms with van der Waals surface area (Å²) in [5.74, 6) is 0.844. The number of rotatable bonds is 5. The van der Waals surface area contributed by atoms with E-state index in [1.165, 1.54) is 0 Å². The van der Waals surface area contributed by atoms with Crippen LogP contribution in [0.3, 0.4) is 0 Å². The molecule has 9 heteroatoms. The maximum Gasteiger partial charge on any atom is 0.199 e. The molecule has 2 aromatic heterocycles. The Bertz CT molecular complexity index is 942. The monoisotopic (exact) mass is 382 g/mol. The van der Waals surface area contributed by atoms with Crippen LogP contribution in [0.15, 0.2) is 56.6 Å². The van der Waals surface area contributed by atoms with Gasteiger partial charge in [-0.25, -0.2) is 0 Å². The number of aromatic nitrogens is 2. The van der Waals surface area contributed by atoms with Crippen LogP contribution in [0.1, 0.15) is 37.8 Å². The summed E-state index contributed by atoms with van der Waals surface area (Å²) in [7, 11) is 0. The lowest BCUT2D eigenvalue weighted by atomic mass is 9.84. The fourth-order valence-corrected chi connectivity index (χ4v) is 3.21. The summed E-state index contributed by atoms with van der Waals surface area (Å²) >= 11 is 0. The van der Waals surface area contributed by atoms with Crippen molar-refractivity contribution in [2.24, 2.45) is 15.6 Å². The molecule has 9 nitrogen and oxygen atoms in total. The predicted octanol–water partition coefficient (Wildman–Crippen LogP) is 1.97. The molecule has 2 aromatic rings. The zero-order valence-electron chi connectivity index (χ0n) is 16.0. The van der Waals surface area contributed by atoms with E-state index in [2.05, 4.69) is 46.5 Å². The number of hydrogen-bond acceptors (Lipinski definition) is 9. The Balaban J connectivity index is 1.63. The Labute approximate surface area is 162 Å². The Hall–Kier alpha value is -2.88. The van der Waals surface area contributed by atoms with Gasteiger partial charge in [0.1, 0.15) is 12.8 Å². The highest BCUT2D eigenvalue weighted by Gasteiger charge is 2.41. The molecule has 1 unspecified atom stereocenters. The van der Waals surface area contributed by atoms with Crippen LogP contribution in [-0.2, 0) is 18.0 Å². The van der Waals surface area contributed by atoms with Gasteiger partial charge in [0, 0.05) is 24.0 Å². The van der Waals surface area contributed by atoms with Crippen LogP contribution in [0, 0.1) is 5.41 Å². The van der Waals surface area contributed by atoms with Crippen molar-refractivity contribution in [2.75, 3.05) is 0 Å². The molecule has 0 radical (unpaired) electrons. The summed E-state index contributed by atoms with van der Waals surface area (Å²) in [5.41, 5.74) is 6.62. The normalized spacial score (nSPS) is 19.2. The standard InChI is InChI=1S/C19H22N6O3/c1-19(2,3)16-15-9-21-22-17(14-8-13(10-26)28-24-14)25(15)23-18(16)27-11-12-4-6-20-7-5-12/h4-9,18,23,26H,10-11H2,1-3H3. The lowest BCUT2D eigenvalue weighted by Gasteiger charge is -2.26. The van der Waals surface area contributed by atoms with Crippen molar-refractivity contribution < 1.29 is 14.4 Å². The van der Waals surface area contributed by atoms with E-state index in [0.29, 0.717) is 23.9 Å². The molecule has 146 valence electrons. The molecule has 2 N–H and O–H groups in total. The number of pyridine rings is 1. The second-order valence-corrected chi connectivity index (χ2v) is 7.56. The van der Waals surface area contributed by atoms with E-state index in [9.17, 15) is 5.11 Å². The third-order valence-electron chi connectivity index (χ3n) is 4.49. The first-order valence-corrected chi connectivity index (χ1v) is 8.96. The van der Waals surface area contributed by atoms with Crippen molar-refractivity contribution in [3.8, 4) is 0 Å². The summed E-state index contributed by atoms with van der Waals surface area (Å²) < 4.78 is 11.3. The average Bonchev–Trinajstić information content (AvgIpc) is 3.30. The Morgan fingerprint density at radius 3 is 2.75 bits per heavy atom. The number of aliphatic hydroxyl groups excluding tert-OH is 1. The van der Waals surface area contributed by atoms with Gasteiger partial charge in [-0.15, -0.1) is 5.10 Å². The number of fused-ring (bicyclic) bond motifs is 1. The van der Waals surface area contributed by atoms with Gasteiger partial charge in [0.05, 0.1) is 18.5 Å². The van der Waals surface area contributed by atoms with Crippen LogP contribution < -0.4 is 5.43 Å². The molecule has 0 saturated heterocycles. The molecule has 2 aliphatic heterocycles. The van der Waals surface area contributed by atoms with Crippen molar-refractivity contribution >= 4 is 12.1 Å².